The van der Waals surface area contributed by atoms with Gasteiger partial charge in [0.1, 0.15) is 0 Å². The minimum atomic E-state index is 0. The summed E-state index contributed by atoms with van der Waals surface area (Å²) in [5.74, 6) is 0. The fourth-order valence-corrected chi connectivity index (χ4v) is 0. The van der Waals surface area contributed by atoms with E-state index in [-0.39, 0.29) is 236 Å². The van der Waals surface area contributed by atoms with Gasteiger partial charge in [0.15, 0.2) is 0 Å². The molecule has 8 heavy (non-hydrogen) atoms. The van der Waals surface area contributed by atoms with E-state index >= 15 is 0 Å². The molecule has 8 heteroatoms. The molecule has 0 rings (SSSR count). The standard InChI is InChI=1S/8Na.8H. The second-order valence-corrected chi connectivity index (χ2v) is 0. The van der Waals surface area contributed by atoms with Crippen molar-refractivity contribution in [2.45, 2.75) is 0 Å². The van der Waals surface area contributed by atoms with Crippen molar-refractivity contribution in [1.29, 1.82) is 0 Å². The first-order valence-electron chi connectivity index (χ1n) is 0. The molecular weight excluding hydrogens is 184 g/mol. The van der Waals surface area contributed by atoms with Crippen LogP contribution in [0.15, 0.2) is 0 Å². The monoisotopic (exact) mass is 192 g/mol. The Labute approximate surface area is 229 Å². The minimum absolute atomic E-state index is 0. The number of hydrogen-bond acceptors (Lipinski definition) is 0. The second-order valence-electron chi connectivity index (χ2n) is 0. The van der Waals surface area contributed by atoms with Gasteiger partial charge >= 0.3 is 236 Å². The van der Waals surface area contributed by atoms with E-state index in [4.69, 9.17) is 0 Å². The normalized spacial score (nSPS) is 0. The molecule has 0 aliphatic carbocycles. The Bertz CT molecular complexity index is 0. The molecule has 0 amide bonds. The zero-order valence-electron chi connectivity index (χ0n) is 0. The van der Waals surface area contributed by atoms with E-state index in [0.29, 0.717) is 0 Å². The molecule has 0 atom stereocenters. The Morgan fingerprint density at radius 3 is 0.125 bits per heavy atom. The van der Waals surface area contributed by atoms with E-state index in [0.717, 1.165) is 0 Å². The first kappa shape index (κ1) is 56.2. The van der Waals surface area contributed by atoms with Crippen molar-refractivity contribution in [3.05, 3.63) is 0 Å². The molecule has 0 nitrogen and oxygen atoms in total. The van der Waals surface area contributed by atoms with Gasteiger partial charge in [-0.15, -0.1) is 0 Å². The maximum atomic E-state index is 0. The topological polar surface area (TPSA) is 0 Å². The molecule has 0 saturated heterocycles. The molecule has 0 bridgehead atoms. The zero-order chi connectivity index (χ0) is 0. The quantitative estimate of drug-likeness (QED) is 0.336. The number of hydrogen-bond donors (Lipinski definition) is 0. The van der Waals surface area contributed by atoms with Gasteiger partial charge in [0, 0.05) is 0 Å². The average molecular weight is 192 g/mol. The Morgan fingerprint density at radius 2 is 0.125 bits per heavy atom. The summed E-state index contributed by atoms with van der Waals surface area (Å²) >= 11 is 0. The first-order valence-corrected chi connectivity index (χ1v) is 0. The van der Waals surface area contributed by atoms with E-state index in [1.54, 1.807) is 0 Å². The molecule has 0 aromatic carbocycles. The van der Waals surface area contributed by atoms with Crippen LogP contribution < -0.4 is 0 Å². The predicted octanol–water partition coefficient (Wildman–Crippen LogP) is -5.19. The third-order valence-electron chi connectivity index (χ3n) is 0. The van der Waals surface area contributed by atoms with E-state index in [1.807, 2.05) is 0 Å². The molecule has 0 spiro atoms. The van der Waals surface area contributed by atoms with Crippen LogP contribution >= 0.6 is 0 Å². The van der Waals surface area contributed by atoms with Gasteiger partial charge in [-0.1, -0.05) is 0 Å². The molecule has 0 aromatic heterocycles. The Kier molecular flexibility index (Phi) is 323. The third kappa shape index (κ3) is 37.0. The van der Waals surface area contributed by atoms with Crippen LogP contribution in [0.3, 0.4) is 0 Å². The van der Waals surface area contributed by atoms with Crippen molar-refractivity contribution >= 4 is 236 Å². The van der Waals surface area contributed by atoms with Gasteiger partial charge in [-0.2, -0.15) is 0 Å². The summed E-state index contributed by atoms with van der Waals surface area (Å²) in [6.45, 7) is 0. The van der Waals surface area contributed by atoms with E-state index in [1.165, 1.54) is 0 Å². The molecule has 0 saturated carbocycles. The van der Waals surface area contributed by atoms with Crippen LogP contribution in [-0.4, -0.2) is 236 Å². The first-order chi connectivity index (χ1) is 0. The van der Waals surface area contributed by atoms with Crippen molar-refractivity contribution in [2.75, 3.05) is 0 Å². The molecule has 0 aliphatic heterocycles. The third-order valence-corrected chi connectivity index (χ3v) is 0. The second kappa shape index (κ2) is 45.9. The van der Waals surface area contributed by atoms with Gasteiger partial charge in [-0.3, -0.25) is 0 Å². The summed E-state index contributed by atoms with van der Waals surface area (Å²) in [7, 11) is 0. The SMILES string of the molecule is [NaH].[NaH].[NaH].[NaH].[NaH].[NaH].[NaH].[NaH]. The van der Waals surface area contributed by atoms with Gasteiger partial charge in [-0.05, 0) is 0 Å². The number of rotatable bonds is 0. The molecular formula is H8Na8. The van der Waals surface area contributed by atoms with Crippen LogP contribution in [-0.2, 0) is 0 Å². The van der Waals surface area contributed by atoms with Crippen LogP contribution in [0.25, 0.3) is 0 Å². The van der Waals surface area contributed by atoms with Crippen molar-refractivity contribution in [1.82, 2.24) is 0 Å². The Morgan fingerprint density at radius 1 is 0.125 bits per heavy atom. The van der Waals surface area contributed by atoms with Crippen molar-refractivity contribution in [3.8, 4) is 0 Å². The molecule has 0 heterocycles. The van der Waals surface area contributed by atoms with Crippen LogP contribution in [0.1, 0.15) is 0 Å². The van der Waals surface area contributed by atoms with Gasteiger partial charge in [-0.25, -0.2) is 0 Å². The molecule has 0 aromatic rings. The zero-order valence-corrected chi connectivity index (χ0v) is 0. The van der Waals surface area contributed by atoms with Crippen LogP contribution in [0.2, 0.25) is 0 Å². The summed E-state index contributed by atoms with van der Waals surface area (Å²) in [6, 6.07) is 0. The summed E-state index contributed by atoms with van der Waals surface area (Å²) in [5.41, 5.74) is 0. The van der Waals surface area contributed by atoms with Crippen LogP contribution in [0.4, 0.5) is 0 Å². The molecule has 0 N–H and O–H groups in total. The Hall–Kier alpha value is 8.00. The average Bonchev–Trinajstić information content (AvgIpc) is 0. The summed E-state index contributed by atoms with van der Waals surface area (Å²) < 4.78 is 0. The van der Waals surface area contributed by atoms with Crippen molar-refractivity contribution in [2.24, 2.45) is 0 Å². The fourth-order valence-electron chi connectivity index (χ4n) is 0. The Balaban J connectivity index is 0. The molecule has 0 radical (unpaired) electrons. The molecule has 16 valence electrons. The maximum absolute atomic E-state index is 0. The van der Waals surface area contributed by atoms with Gasteiger partial charge < -0.3 is 0 Å². The van der Waals surface area contributed by atoms with Crippen molar-refractivity contribution < 1.29 is 0 Å². The molecule has 0 aliphatic rings. The van der Waals surface area contributed by atoms with Crippen molar-refractivity contribution in [3.63, 3.8) is 0 Å². The van der Waals surface area contributed by atoms with Gasteiger partial charge in [0.05, 0.1) is 0 Å². The van der Waals surface area contributed by atoms with E-state index in [2.05, 4.69) is 0 Å². The van der Waals surface area contributed by atoms with E-state index < -0.39 is 0 Å². The predicted molar refractivity (Wildman–Crippen MR) is 57.2 cm³/mol. The summed E-state index contributed by atoms with van der Waals surface area (Å²) in [6.07, 6.45) is 0. The van der Waals surface area contributed by atoms with Gasteiger partial charge in [0.2, 0.25) is 0 Å². The van der Waals surface area contributed by atoms with Crippen LogP contribution in [0, 0.1) is 0 Å². The summed E-state index contributed by atoms with van der Waals surface area (Å²) in [5, 5.41) is 0. The fraction of sp³-hybridized carbons (Fsp3) is 0. The van der Waals surface area contributed by atoms with E-state index in [9.17, 15) is 0 Å². The van der Waals surface area contributed by atoms with Gasteiger partial charge in [0.25, 0.3) is 0 Å². The molecule has 0 unspecified atom stereocenters. The summed E-state index contributed by atoms with van der Waals surface area (Å²) in [4.78, 5) is 0. The van der Waals surface area contributed by atoms with Crippen LogP contribution in [0.5, 0.6) is 0 Å². The molecule has 0 fully saturated rings.